The zero-order chi connectivity index (χ0) is 41.0. The number of anilines is 1. The number of nitrogens with zero attached hydrogens (tertiary/aromatic N) is 3. The van der Waals surface area contributed by atoms with Crippen molar-refractivity contribution in [1.29, 1.82) is 0 Å². The number of hydrogen-bond donors (Lipinski definition) is 4. The molecule has 1 saturated heterocycles. The quantitative estimate of drug-likeness (QED) is 0.0642. The van der Waals surface area contributed by atoms with Gasteiger partial charge in [-0.1, -0.05) is 37.2 Å². The van der Waals surface area contributed by atoms with E-state index in [2.05, 4.69) is 22.1 Å². The number of halogens is 8. The highest BCUT2D eigenvalue weighted by Crippen LogP contribution is 2.43. The minimum absolute atomic E-state index is 0.0407. The fourth-order valence-electron chi connectivity index (χ4n) is 6.70. The number of aliphatic hydroxyl groups excluding tert-OH is 3. The molecule has 0 spiro atoms. The van der Waals surface area contributed by atoms with Crippen LogP contribution in [0.4, 0.5) is 40.8 Å². The molecule has 3 heterocycles. The van der Waals surface area contributed by atoms with Crippen LogP contribution in [0.15, 0.2) is 60.0 Å². The molecule has 0 aliphatic carbocycles. The van der Waals surface area contributed by atoms with Crippen LogP contribution < -0.4 is 5.32 Å². The van der Waals surface area contributed by atoms with Crippen molar-refractivity contribution < 1.29 is 60.0 Å². The molecule has 2 aliphatic rings. The number of alkyl halides is 6. The van der Waals surface area contributed by atoms with Crippen LogP contribution in [0.25, 0.3) is 11.1 Å². The molecular weight excluding hydrogens is 756 g/mol. The summed E-state index contributed by atoms with van der Waals surface area (Å²) in [5.41, 5.74) is -6.28. The van der Waals surface area contributed by atoms with E-state index in [0.717, 1.165) is 48.5 Å². The van der Waals surface area contributed by atoms with Crippen molar-refractivity contribution >= 4 is 17.5 Å². The topological polar surface area (TPSA) is 126 Å². The van der Waals surface area contributed by atoms with Gasteiger partial charge in [-0.2, -0.15) is 26.3 Å². The van der Waals surface area contributed by atoms with Gasteiger partial charge in [-0.05, 0) is 69.0 Å². The molecule has 0 bridgehead atoms. The minimum Gasteiger partial charge on any atom is -0.509 e. The van der Waals surface area contributed by atoms with E-state index in [4.69, 9.17) is 5.11 Å². The molecule has 4 N–H and O–H groups in total. The van der Waals surface area contributed by atoms with E-state index in [0.29, 0.717) is 50.1 Å². The summed E-state index contributed by atoms with van der Waals surface area (Å²) in [6.07, 6.45) is -5.23. The van der Waals surface area contributed by atoms with Crippen LogP contribution in [0.3, 0.4) is 0 Å². The maximum atomic E-state index is 15.5. The number of carbonyl (C=O) groups is 2. The zero-order valence-electron chi connectivity index (χ0n) is 30.0. The summed E-state index contributed by atoms with van der Waals surface area (Å²) in [6, 6.07) is 5.43. The van der Waals surface area contributed by atoms with Gasteiger partial charge in [0.1, 0.15) is 28.7 Å². The van der Waals surface area contributed by atoms with Gasteiger partial charge in [-0.3, -0.25) is 19.6 Å². The van der Waals surface area contributed by atoms with Crippen molar-refractivity contribution in [2.24, 2.45) is 0 Å². The predicted octanol–water partition coefficient (Wildman–Crippen LogP) is 7.67. The maximum absolute atomic E-state index is 15.5. The average Bonchev–Trinajstić information content (AvgIpc) is 3.54. The van der Waals surface area contributed by atoms with Gasteiger partial charge < -0.3 is 20.6 Å². The molecule has 0 saturated carbocycles. The third-order valence-electron chi connectivity index (χ3n) is 9.76. The van der Waals surface area contributed by atoms with E-state index in [1.807, 2.05) is 0 Å². The number of hydrogen-bond acceptors (Lipinski definition) is 7. The van der Waals surface area contributed by atoms with E-state index >= 15 is 8.78 Å². The van der Waals surface area contributed by atoms with Gasteiger partial charge in [0, 0.05) is 47.1 Å². The van der Waals surface area contributed by atoms with E-state index < -0.39 is 87.7 Å². The van der Waals surface area contributed by atoms with Gasteiger partial charge in [0.25, 0.3) is 11.8 Å². The maximum Gasteiger partial charge on any atom is 0.433 e. The lowest BCUT2D eigenvalue weighted by Crippen LogP contribution is -2.60. The third-order valence-corrected chi connectivity index (χ3v) is 9.76. The fourth-order valence-corrected chi connectivity index (χ4v) is 6.70. The van der Waals surface area contributed by atoms with Crippen LogP contribution in [-0.2, 0) is 28.5 Å². The van der Waals surface area contributed by atoms with Crippen molar-refractivity contribution in [2.45, 2.75) is 88.8 Å². The van der Waals surface area contributed by atoms with Gasteiger partial charge >= 0.3 is 12.4 Å². The summed E-state index contributed by atoms with van der Waals surface area (Å²) < 4.78 is 111. The first-order chi connectivity index (χ1) is 26.3. The smallest absolute Gasteiger partial charge is 0.433 e. The highest BCUT2D eigenvalue weighted by Gasteiger charge is 2.53. The van der Waals surface area contributed by atoms with Crippen LogP contribution in [0.5, 0.6) is 0 Å². The fraction of sp³-hybridized carbons (Fsp3) is 0.410. The van der Waals surface area contributed by atoms with Crippen molar-refractivity contribution in [3.8, 4) is 23.0 Å². The van der Waals surface area contributed by atoms with Gasteiger partial charge in [-0.25, -0.2) is 13.8 Å². The minimum atomic E-state index is -4.89. The predicted molar refractivity (Wildman–Crippen MR) is 187 cm³/mol. The Morgan fingerprint density at radius 1 is 1.00 bits per heavy atom. The number of benzene rings is 2. The largest absolute Gasteiger partial charge is 0.509 e. The third kappa shape index (κ3) is 9.31. The summed E-state index contributed by atoms with van der Waals surface area (Å²) in [4.78, 5) is 31.1. The van der Waals surface area contributed by atoms with E-state index in [-0.39, 0.29) is 36.4 Å². The van der Waals surface area contributed by atoms with Crippen molar-refractivity contribution in [2.75, 3.05) is 18.5 Å². The monoisotopic (exact) mass is 794 g/mol. The van der Waals surface area contributed by atoms with Gasteiger partial charge in [0.05, 0.1) is 30.4 Å². The molecule has 2 aromatic carbocycles. The first-order valence-electron chi connectivity index (χ1n) is 17.7. The highest BCUT2D eigenvalue weighted by atomic mass is 19.4. The first-order valence-corrected chi connectivity index (χ1v) is 17.7. The summed E-state index contributed by atoms with van der Waals surface area (Å²) in [5, 5.41) is 34.2. The second-order valence-electron chi connectivity index (χ2n) is 13.7. The Hall–Kier alpha value is -5.05. The number of aromatic nitrogens is 1. The molecule has 17 heteroatoms. The summed E-state index contributed by atoms with van der Waals surface area (Å²) in [6.45, 7) is 0.649. The lowest BCUT2D eigenvalue weighted by molar-refractivity contribution is -0.160. The van der Waals surface area contributed by atoms with Crippen LogP contribution in [0, 0.1) is 23.5 Å². The number of rotatable bonds is 12. The lowest BCUT2D eigenvalue weighted by Gasteiger charge is -2.46. The molecule has 0 unspecified atom stereocenters. The Bertz CT molecular complexity index is 2020. The molecule has 3 aromatic rings. The Morgan fingerprint density at radius 3 is 2.32 bits per heavy atom. The number of nitrogens with one attached hydrogen (secondary N) is 1. The van der Waals surface area contributed by atoms with Crippen molar-refractivity contribution in [3.05, 3.63) is 94.0 Å². The van der Waals surface area contributed by atoms with Gasteiger partial charge in [0.15, 0.2) is 0 Å². The zero-order valence-corrected chi connectivity index (χ0v) is 30.0. The average molecular weight is 795 g/mol. The normalized spacial score (nSPS) is 18.1. The number of amides is 2. The molecule has 2 aliphatic heterocycles. The Labute approximate surface area is 316 Å². The SMILES string of the molecule is C[C@]12CCCN1N(Cc1c(F)cc(C#CCCCCCC[C@@H](O)CO)cc1F)C(=O)C(C(=O)Nc1ccc(C(F)(F)F)cc1-c1ccc(C(F)(F)F)nc1)=C2O. The highest BCUT2D eigenvalue weighted by molar-refractivity contribution is 6.24. The van der Waals surface area contributed by atoms with Crippen molar-refractivity contribution in [1.82, 2.24) is 15.0 Å². The molecule has 2 amide bonds. The number of fused-ring (bicyclic) bond motifs is 1. The molecule has 2 atom stereocenters. The summed E-state index contributed by atoms with van der Waals surface area (Å²) in [7, 11) is 0. The lowest BCUT2D eigenvalue weighted by atomic mass is 9.90. The van der Waals surface area contributed by atoms with Gasteiger partial charge in [0.2, 0.25) is 0 Å². The molecule has 1 fully saturated rings. The molecule has 300 valence electrons. The number of pyridine rings is 1. The van der Waals surface area contributed by atoms with E-state index in [1.165, 1.54) is 11.9 Å². The molecular formula is C39H38F8N4O5. The second kappa shape index (κ2) is 17.0. The first kappa shape index (κ1) is 42.1. The Morgan fingerprint density at radius 2 is 1.70 bits per heavy atom. The van der Waals surface area contributed by atoms with E-state index in [1.54, 1.807) is 0 Å². The molecule has 1 aromatic heterocycles. The van der Waals surface area contributed by atoms with Crippen LogP contribution >= 0.6 is 0 Å². The van der Waals surface area contributed by atoms with Gasteiger partial charge in [-0.15, -0.1) is 0 Å². The number of hydrazine groups is 1. The Balaban J connectivity index is 1.38. The van der Waals surface area contributed by atoms with Crippen LogP contribution in [-0.4, -0.2) is 66.9 Å². The number of aliphatic hydroxyl groups is 3. The van der Waals surface area contributed by atoms with Crippen LogP contribution in [0.1, 0.15) is 80.7 Å². The van der Waals surface area contributed by atoms with E-state index in [9.17, 15) is 46.1 Å². The molecule has 56 heavy (non-hydrogen) atoms. The molecule has 9 nitrogen and oxygen atoms in total. The standard InChI is InChI=1S/C39H38F8N4O5/c1-37-15-8-16-51(37)50(21-28-29(40)17-23(18-30(28)41)9-6-4-2-3-5-7-10-26(53)22-52)36(56)33(34(37)54)35(55)49-31-13-12-25(38(42,43)44)19-27(31)24-11-14-32(48-20-24)39(45,46)47/h11-14,17-20,26,52-54H,2-5,7-8,10,15-16,21-22H2,1H3,(H,49,55)/t26-,37-/m1/s1. The van der Waals surface area contributed by atoms with Crippen LogP contribution in [0.2, 0.25) is 0 Å². The number of carbonyl (C=O) groups excluding carboxylic acids is 2. The number of unbranched alkanes of at least 4 members (excludes halogenated alkanes) is 4. The molecule has 0 radical (unpaired) electrons. The second-order valence-corrected chi connectivity index (χ2v) is 13.7. The summed E-state index contributed by atoms with van der Waals surface area (Å²) in [5.74, 6) is 0.357. The molecule has 5 rings (SSSR count). The summed E-state index contributed by atoms with van der Waals surface area (Å²) >= 11 is 0. The Kier molecular flexibility index (Phi) is 12.8. The van der Waals surface area contributed by atoms with Crippen molar-refractivity contribution in [3.63, 3.8) is 0 Å².